The third-order valence-corrected chi connectivity index (χ3v) is 11.0. The highest BCUT2D eigenvalue weighted by atomic mass is 19.1. The summed E-state index contributed by atoms with van der Waals surface area (Å²) in [5.41, 5.74) is 3.47. The quantitative estimate of drug-likeness (QED) is 0.242. The Kier molecular flexibility index (Phi) is 10.2. The number of carboxylic acids is 1. The molecule has 2 aliphatic carbocycles. The van der Waals surface area contributed by atoms with Crippen molar-refractivity contribution in [1.82, 2.24) is 24.6 Å². The van der Waals surface area contributed by atoms with Crippen molar-refractivity contribution in [2.45, 2.75) is 102 Å². The van der Waals surface area contributed by atoms with Crippen LogP contribution in [-0.4, -0.2) is 74.1 Å². The van der Waals surface area contributed by atoms with Crippen LogP contribution in [-0.2, 0) is 24.7 Å². The normalized spacial score (nSPS) is 26.3. The van der Waals surface area contributed by atoms with Gasteiger partial charge in [-0.2, -0.15) is 10.1 Å². The fraction of sp³-hybridized carbons (Fsp3) is 0.622. The van der Waals surface area contributed by atoms with Crippen molar-refractivity contribution in [2.75, 3.05) is 36.9 Å². The predicted octanol–water partition coefficient (Wildman–Crippen LogP) is 6.57. The summed E-state index contributed by atoms with van der Waals surface area (Å²) in [4.78, 5) is 26.7. The minimum atomic E-state index is -1.19. The number of rotatable bonds is 11. The molecule has 1 saturated heterocycles. The number of carboxylic acid groups (broad SMARTS) is 1. The van der Waals surface area contributed by atoms with Crippen molar-refractivity contribution >= 4 is 17.7 Å². The molecule has 1 saturated carbocycles. The number of hydrogen-bond donors (Lipinski definition) is 2. The highest BCUT2D eigenvalue weighted by Crippen LogP contribution is 2.39. The molecule has 1 aromatic carbocycles. The molecule has 2 fully saturated rings. The van der Waals surface area contributed by atoms with Crippen LogP contribution in [0.3, 0.4) is 0 Å². The van der Waals surface area contributed by atoms with Crippen LogP contribution in [0.1, 0.15) is 99.6 Å². The van der Waals surface area contributed by atoms with Gasteiger partial charge in [0.1, 0.15) is 11.5 Å². The van der Waals surface area contributed by atoms with E-state index in [1.807, 2.05) is 24.1 Å². The highest BCUT2D eigenvalue weighted by molar-refractivity contribution is 5.70. The van der Waals surface area contributed by atoms with Crippen LogP contribution in [0, 0.1) is 11.8 Å². The van der Waals surface area contributed by atoms with Crippen LogP contribution in [0.4, 0.5) is 16.2 Å². The fourth-order valence-corrected chi connectivity index (χ4v) is 8.44. The van der Waals surface area contributed by atoms with Gasteiger partial charge in [-0.3, -0.25) is 14.4 Å². The third-order valence-electron chi connectivity index (χ3n) is 11.0. The number of carbonyl (C=O) groups is 1. The molecule has 0 spiro atoms. The number of alkyl halides is 1. The SMILES string of the molecule is CC[C@H](C1CCC(C(=O)O)CC1)N(C)c1nc2c(c(N[C@@H](CN3CCCC(C)(F)C3)c3cnn(C)c3)n1)C[C@H](c1ccccc1)CC2. The molecule has 47 heavy (non-hydrogen) atoms. The average molecular weight is 646 g/mol. The Bertz CT molecular complexity index is 1500. The number of aryl methyl sites for hydroxylation is 2. The maximum atomic E-state index is 15.2. The maximum Gasteiger partial charge on any atom is 0.306 e. The number of aliphatic carboxylic acids is 1. The van der Waals surface area contributed by atoms with Gasteiger partial charge in [0.05, 0.1) is 23.9 Å². The Morgan fingerprint density at radius 1 is 1.17 bits per heavy atom. The summed E-state index contributed by atoms with van der Waals surface area (Å²) < 4.78 is 17.0. The standard InChI is InChI=1S/C37H52FN7O2/c1-5-33(26-12-14-27(15-13-26)35(46)47)44(4)36-41-31-17-16-28(25-10-7-6-8-11-25)20-30(31)34(42-36)40-32(29-21-39-43(3)22-29)23-45-19-9-18-37(2,38)24-45/h6-8,10-11,21-22,26-28,32-33H,5,9,12-20,23-24H2,1-4H3,(H,46,47)(H,40,41,42)/t26?,27?,28-,32+,33-,37?/m1/s1. The Hall–Kier alpha value is -3.53. The lowest BCUT2D eigenvalue weighted by atomic mass is 9.77. The molecular formula is C37H52FN7O2. The first kappa shape index (κ1) is 33.4. The number of halogens is 1. The van der Waals surface area contributed by atoms with E-state index >= 15 is 4.39 Å². The monoisotopic (exact) mass is 645 g/mol. The summed E-state index contributed by atoms with van der Waals surface area (Å²) in [6.45, 7) is 5.87. The van der Waals surface area contributed by atoms with E-state index in [9.17, 15) is 9.90 Å². The van der Waals surface area contributed by atoms with Crippen molar-refractivity contribution in [1.29, 1.82) is 0 Å². The summed E-state index contributed by atoms with van der Waals surface area (Å²) in [5, 5.41) is 17.9. The first-order valence-corrected chi connectivity index (χ1v) is 17.7. The number of aromatic nitrogens is 4. The van der Waals surface area contributed by atoms with Crippen molar-refractivity contribution in [3.63, 3.8) is 0 Å². The van der Waals surface area contributed by atoms with Gasteiger partial charge in [-0.15, -0.1) is 0 Å². The van der Waals surface area contributed by atoms with E-state index in [1.54, 1.807) is 6.92 Å². The minimum Gasteiger partial charge on any atom is -0.481 e. The molecule has 9 nitrogen and oxygen atoms in total. The molecule has 3 aliphatic rings. The molecule has 2 aromatic heterocycles. The number of nitrogens with one attached hydrogen (secondary N) is 1. The molecular weight excluding hydrogens is 593 g/mol. The second-order valence-corrected chi connectivity index (χ2v) is 14.6. The van der Waals surface area contributed by atoms with Crippen LogP contribution in [0.15, 0.2) is 42.7 Å². The second kappa shape index (κ2) is 14.3. The first-order valence-electron chi connectivity index (χ1n) is 17.7. The van der Waals surface area contributed by atoms with Crippen molar-refractivity contribution in [3.05, 3.63) is 65.1 Å². The van der Waals surface area contributed by atoms with Crippen molar-refractivity contribution in [2.24, 2.45) is 18.9 Å². The number of benzene rings is 1. The van der Waals surface area contributed by atoms with Crippen LogP contribution in [0.5, 0.6) is 0 Å². The molecule has 1 unspecified atom stereocenters. The highest BCUT2D eigenvalue weighted by Gasteiger charge is 2.35. The molecule has 4 atom stereocenters. The first-order chi connectivity index (χ1) is 22.6. The largest absolute Gasteiger partial charge is 0.481 e. The van der Waals surface area contributed by atoms with Gasteiger partial charge < -0.3 is 15.3 Å². The number of anilines is 2. The summed E-state index contributed by atoms with van der Waals surface area (Å²) in [6, 6.07) is 10.8. The molecule has 0 amide bonds. The zero-order valence-electron chi connectivity index (χ0n) is 28.5. The van der Waals surface area contributed by atoms with E-state index in [4.69, 9.17) is 9.97 Å². The van der Waals surface area contributed by atoms with Crippen LogP contribution < -0.4 is 10.2 Å². The van der Waals surface area contributed by atoms with Gasteiger partial charge >= 0.3 is 5.97 Å². The summed E-state index contributed by atoms with van der Waals surface area (Å²) in [6.07, 6.45) is 12.4. The average Bonchev–Trinajstić information content (AvgIpc) is 3.50. The number of hydrogen-bond acceptors (Lipinski definition) is 7. The molecule has 3 aromatic rings. The van der Waals surface area contributed by atoms with E-state index in [-0.39, 0.29) is 18.0 Å². The van der Waals surface area contributed by atoms with E-state index in [0.29, 0.717) is 31.3 Å². The fourth-order valence-electron chi connectivity index (χ4n) is 8.44. The zero-order valence-corrected chi connectivity index (χ0v) is 28.5. The number of likely N-dealkylation sites (tertiary alicyclic amines) is 1. The van der Waals surface area contributed by atoms with Crippen molar-refractivity contribution in [3.8, 4) is 0 Å². The predicted molar refractivity (Wildman–Crippen MR) is 184 cm³/mol. The Morgan fingerprint density at radius 2 is 1.94 bits per heavy atom. The molecule has 254 valence electrons. The van der Waals surface area contributed by atoms with Crippen molar-refractivity contribution < 1.29 is 14.3 Å². The van der Waals surface area contributed by atoms with Gasteiger partial charge in [0.15, 0.2) is 0 Å². The van der Waals surface area contributed by atoms with Gasteiger partial charge in [0, 0.05) is 50.6 Å². The summed E-state index contributed by atoms with van der Waals surface area (Å²) in [5.74, 6) is 1.46. The second-order valence-electron chi connectivity index (χ2n) is 14.6. The van der Waals surface area contributed by atoms with E-state index in [0.717, 1.165) is 87.4 Å². The molecule has 10 heteroatoms. The molecule has 0 radical (unpaired) electrons. The zero-order chi connectivity index (χ0) is 33.1. The molecule has 1 aliphatic heterocycles. The molecule has 0 bridgehead atoms. The summed E-state index contributed by atoms with van der Waals surface area (Å²) >= 11 is 0. The molecule has 3 heterocycles. The van der Waals surface area contributed by atoms with Crippen LogP contribution >= 0.6 is 0 Å². The lowest BCUT2D eigenvalue weighted by Gasteiger charge is -2.39. The maximum absolute atomic E-state index is 15.2. The Balaban J connectivity index is 1.33. The smallest absolute Gasteiger partial charge is 0.306 e. The number of piperidine rings is 1. The number of fused-ring (bicyclic) bond motifs is 1. The topological polar surface area (TPSA) is 99.4 Å². The lowest BCUT2D eigenvalue weighted by molar-refractivity contribution is -0.143. The van der Waals surface area contributed by atoms with E-state index in [1.165, 1.54) is 11.1 Å². The Labute approximate surface area is 279 Å². The van der Waals surface area contributed by atoms with Gasteiger partial charge in [0.2, 0.25) is 5.95 Å². The van der Waals surface area contributed by atoms with E-state index in [2.05, 4.69) is 64.5 Å². The van der Waals surface area contributed by atoms with Crippen LogP contribution in [0.25, 0.3) is 0 Å². The summed E-state index contributed by atoms with van der Waals surface area (Å²) in [7, 11) is 4.03. The van der Waals surface area contributed by atoms with Gasteiger partial charge in [0.25, 0.3) is 0 Å². The van der Waals surface area contributed by atoms with Gasteiger partial charge in [-0.05, 0) is 95.1 Å². The van der Waals surface area contributed by atoms with E-state index < -0.39 is 11.6 Å². The van der Waals surface area contributed by atoms with Gasteiger partial charge in [-0.1, -0.05) is 37.3 Å². The minimum absolute atomic E-state index is 0.125. The molecule has 2 N–H and O–H groups in total. The third kappa shape index (κ3) is 7.79. The lowest BCUT2D eigenvalue weighted by Crippen LogP contribution is -2.45. The number of nitrogens with zero attached hydrogens (tertiary/aromatic N) is 6. The Morgan fingerprint density at radius 3 is 2.60 bits per heavy atom. The van der Waals surface area contributed by atoms with Gasteiger partial charge in [-0.25, -0.2) is 9.37 Å². The van der Waals surface area contributed by atoms with Crippen LogP contribution in [0.2, 0.25) is 0 Å². The molecule has 6 rings (SSSR count).